The van der Waals surface area contributed by atoms with E-state index in [1.54, 1.807) is 22.4 Å². The topological polar surface area (TPSA) is 42.4 Å². The minimum Gasteiger partial charge on any atom is -0.375 e. The molecule has 6 heteroatoms. The monoisotopic (exact) mass is 320 g/mol. The number of ether oxygens (including phenoxy) is 1. The molecule has 1 fully saturated rings. The minimum absolute atomic E-state index is 0.0636. The van der Waals surface area contributed by atoms with Crippen molar-refractivity contribution in [2.24, 2.45) is 0 Å². The first-order chi connectivity index (χ1) is 10.7. The Kier molecular flexibility index (Phi) is 4.49. The average molecular weight is 320 g/mol. The van der Waals surface area contributed by atoms with Gasteiger partial charge in [0.2, 0.25) is 0 Å². The summed E-state index contributed by atoms with van der Waals surface area (Å²) in [6, 6.07) is 6.13. The molecule has 1 atom stereocenters. The smallest absolute Gasteiger partial charge is 0.273 e. The molecule has 2 aromatic rings. The third-order valence-corrected chi connectivity index (χ3v) is 4.59. The SMILES string of the molecule is CCC1CN(C(=O)c2csc(-c3ccc(F)cc3)n2)CCO1. The van der Waals surface area contributed by atoms with Crippen LogP contribution in [0.25, 0.3) is 10.6 Å². The predicted octanol–water partition coefficient (Wildman–Crippen LogP) is 3.20. The Hall–Kier alpha value is -1.79. The van der Waals surface area contributed by atoms with E-state index in [0.29, 0.717) is 25.4 Å². The molecule has 0 aliphatic carbocycles. The van der Waals surface area contributed by atoms with E-state index in [2.05, 4.69) is 4.98 Å². The van der Waals surface area contributed by atoms with Gasteiger partial charge in [-0.25, -0.2) is 9.37 Å². The van der Waals surface area contributed by atoms with E-state index >= 15 is 0 Å². The number of carbonyl (C=O) groups is 1. The van der Waals surface area contributed by atoms with E-state index in [-0.39, 0.29) is 17.8 Å². The van der Waals surface area contributed by atoms with Crippen LogP contribution >= 0.6 is 11.3 Å². The average Bonchev–Trinajstić information content (AvgIpc) is 3.05. The van der Waals surface area contributed by atoms with Gasteiger partial charge in [0.05, 0.1) is 12.7 Å². The van der Waals surface area contributed by atoms with Gasteiger partial charge < -0.3 is 9.64 Å². The maximum atomic E-state index is 13.0. The molecule has 1 aromatic carbocycles. The number of thiazole rings is 1. The second-order valence-electron chi connectivity index (χ2n) is 5.20. The van der Waals surface area contributed by atoms with Crippen LogP contribution in [0.15, 0.2) is 29.6 Å². The van der Waals surface area contributed by atoms with Crippen molar-refractivity contribution < 1.29 is 13.9 Å². The lowest BCUT2D eigenvalue weighted by atomic mass is 10.2. The first kappa shape index (κ1) is 15.1. The Morgan fingerprint density at radius 2 is 2.23 bits per heavy atom. The first-order valence-electron chi connectivity index (χ1n) is 7.29. The molecular weight excluding hydrogens is 303 g/mol. The van der Waals surface area contributed by atoms with Crippen LogP contribution in [0.3, 0.4) is 0 Å². The molecule has 0 bridgehead atoms. The summed E-state index contributed by atoms with van der Waals surface area (Å²) >= 11 is 1.40. The van der Waals surface area contributed by atoms with E-state index in [4.69, 9.17) is 4.74 Å². The Morgan fingerprint density at radius 3 is 2.95 bits per heavy atom. The van der Waals surface area contributed by atoms with Crippen molar-refractivity contribution >= 4 is 17.2 Å². The third-order valence-electron chi connectivity index (χ3n) is 3.70. The van der Waals surface area contributed by atoms with E-state index in [1.807, 2.05) is 6.92 Å². The van der Waals surface area contributed by atoms with Crippen LogP contribution in [-0.4, -0.2) is 41.6 Å². The van der Waals surface area contributed by atoms with Gasteiger partial charge in [-0.2, -0.15) is 0 Å². The van der Waals surface area contributed by atoms with Gasteiger partial charge in [0, 0.05) is 24.0 Å². The Bertz CT molecular complexity index is 656. The summed E-state index contributed by atoms with van der Waals surface area (Å²) in [5.74, 6) is -0.345. The molecule has 1 amide bonds. The van der Waals surface area contributed by atoms with Crippen LogP contribution in [0.4, 0.5) is 4.39 Å². The maximum Gasteiger partial charge on any atom is 0.273 e. The highest BCUT2D eigenvalue weighted by Crippen LogP contribution is 2.25. The first-order valence-corrected chi connectivity index (χ1v) is 8.17. The van der Waals surface area contributed by atoms with Gasteiger partial charge in [-0.3, -0.25) is 4.79 Å². The van der Waals surface area contributed by atoms with Crippen molar-refractivity contribution in [2.45, 2.75) is 19.4 Å². The molecule has 1 aliphatic heterocycles. The molecule has 1 aliphatic rings. The number of benzene rings is 1. The van der Waals surface area contributed by atoms with Crippen LogP contribution in [0.1, 0.15) is 23.8 Å². The van der Waals surface area contributed by atoms with E-state index in [9.17, 15) is 9.18 Å². The van der Waals surface area contributed by atoms with Crippen LogP contribution in [-0.2, 0) is 4.74 Å². The van der Waals surface area contributed by atoms with Crippen LogP contribution in [0.5, 0.6) is 0 Å². The number of halogens is 1. The van der Waals surface area contributed by atoms with Gasteiger partial charge in [0.15, 0.2) is 0 Å². The zero-order chi connectivity index (χ0) is 15.5. The van der Waals surface area contributed by atoms with E-state index < -0.39 is 0 Å². The number of hydrogen-bond donors (Lipinski definition) is 0. The second-order valence-corrected chi connectivity index (χ2v) is 6.06. The van der Waals surface area contributed by atoms with E-state index in [1.165, 1.54) is 23.5 Å². The highest BCUT2D eigenvalue weighted by Gasteiger charge is 2.25. The van der Waals surface area contributed by atoms with Crippen molar-refractivity contribution in [1.82, 2.24) is 9.88 Å². The van der Waals surface area contributed by atoms with Crippen molar-refractivity contribution in [3.05, 3.63) is 41.2 Å². The van der Waals surface area contributed by atoms with Gasteiger partial charge in [-0.15, -0.1) is 11.3 Å². The lowest BCUT2D eigenvalue weighted by molar-refractivity contribution is -0.0227. The van der Waals surface area contributed by atoms with E-state index in [0.717, 1.165) is 17.0 Å². The molecule has 1 aromatic heterocycles. The quantitative estimate of drug-likeness (QED) is 0.872. The Morgan fingerprint density at radius 1 is 1.45 bits per heavy atom. The molecule has 4 nitrogen and oxygen atoms in total. The summed E-state index contributed by atoms with van der Waals surface area (Å²) in [7, 11) is 0. The predicted molar refractivity (Wildman–Crippen MR) is 83.4 cm³/mol. The number of amides is 1. The summed E-state index contributed by atoms with van der Waals surface area (Å²) in [6.07, 6.45) is 0.995. The number of rotatable bonds is 3. The zero-order valence-electron chi connectivity index (χ0n) is 12.3. The fourth-order valence-corrected chi connectivity index (χ4v) is 3.21. The Labute approximate surface area is 132 Å². The largest absolute Gasteiger partial charge is 0.375 e. The highest BCUT2D eigenvalue weighted by atomic mass is 32.1. The number of aromatic nitrogens is 1. The fraction of sp³-hybridized carbons (Fsp3) is 0.375. The molecule has 1 saturated heterocycles. The van der Waals surface area contributed by atoms with Crippen molar-refractivity contribution in [2.75, 3.05) is 19.7 Å². The molecule has 2 heterocycles. The molecule has 0 spiro atoms. The van der Waals surface area contributed by atoms with Crippen LogP contribution in [0.2, 0.25) is 0 Å². The highest BCUT2D eigenvalue weighted by molar-refractivity contribution is 7.13. The lowest BCUT2D eigenvalue weighted by Gasteiger charge is -2.32. The molecular formula is C16H17FN2O2S. The summed E-state index contributed by atoms with van der Waals surface area (Å²) in [5, 5.41) is 2.49. The molecule has 3 rings (SSSR count). The van der Waals surface area contributed by atoms with Crippen molar-refractivity contribution in [3.8, 4) is 10.6 Å². The van der Waals surface area contributed by atoms with Crippen LogP contribution in [0, 0.1) is 5.82 Å². The van der Waals surface area contributed by atoms with Gasteiger partial charge in [-0.1, -0.05) is 6.92 Å². The van der Waals surface area contributed by atoms with Crippen molar-refractivity contribution in [3.63, 3.8) is 0 Å². The van der Waals surface area contributed by atoms with Crippen molar-refractivity contribution in [1.29, 1.82) is 0 Å². The zero-order valence-corrected chi connectivity index (χ0v) is 13.1. The number of hydrogen-bond acceptors (Lipinski definition) is 4. The van der Waals surface area contributed by atoms with Gasteiger partial charge in [-0.05, 0) is 30.7 Å². The van der Waals surface area contributed by atoms with Gasteiger partial charge >= 0.3 is 0 Å². The number of nitrogens with zero attached hydrogens (tertiary/aromatic N) is 2. The molecule has 22 heavy (non-hydrogen) atoms. The molecule has 1 unspecified atom stereocenters. The summed E-state index contributed by atoms with van der Waals surface area (Å²) in [4.78, 5) is 18.7. The minimum atomic E-state index is -0.282. The second kappa shape index (κ2) is 6.54. The van der Waals surface area contributed by atoms with Gasteiger partial charge in [0.25, 0.3) is 5.91 Å². The summed E-state index contributed by atoms with van der Waals surface area (Å²) in [6.45, 7) is 3.82. The number of morpholine rings is 1. The summed E-state index contributed by atoms with van der Waals surface area (Å²) in [5.41, 5.74) is 1.26. The standard InChI is InChI=1S/C16H17FN2O2S/c1-2-13-9-19(7-8-21-13)16(20)14-10-22-15(18-14)11-3-5-12(17)6-4-11/h3-6,10,13H,2,7-9H2,1H3. The normalized spacial score (nSPS) is 18.5. The fourth-order valence-electron chi connectivity index (χ4n) is 2.41. The molecule has 0 N–H and O–H groups in total. The summed E-state index contributed by atoms with van der Waals surface area (Å²) < 4.78 is 18.5. The molecule has 116 valence electrons. The van der Waals surface area contributed by atoms with Gasteiger partial charge in [0.1, 0.15) is 16.5 Å². The number of carbonyl (C=O) groups excluding carboxylic acids is 1. The molecule has 0 saturated carbocycles. The third kappa shape index (κ3) is 3.18. The maximum absolute atomic E-state index is 13.0. The van der Waals surface area contributed by atoms with Crippen LogP contribution < -0.4 is 0 Å². The Balaban J connectivity index is 1.75. The molecule has 0 radical (unpaired) electrons. The lowest BCUT2D eigenvalue weighted by Crippen LogP contribution is -2.45.